The standard InChI is InChI=1S/C14H19FN2O3/c1-4-8-14(3,12(18)19)17-13(20)16-11-7-5-6-10(15)9(11)2/h5-7H,4,8H2,1-3H3,(H,18,19)(H2,16,17,20). The Hall–Kier alpha value is -2.11. The number of anilines is 1. The summed E-state index contributed by atoms with van der Waals surface area (Å²) in [5.74, 6) is -1.54. The van der Waals surface area contributed by atoms with E-state index in [1.54, 1.807) is 6.07 Å². The van der Waals surface area contributed by atoms with Crippen LogP contribution in [0.5, 0.6) is 0 Å². The summed E-state index contributed by atoms with van der Waals surface area (Å²) in [4.78, 5) is 23.1. The molecule has 0 aliphatic heterocycles. The van der Waals surface area contributed by atoms with Crippen molar-refractivity contribution < 1.29 is 19.1 Å². The zero-order chi connectivity index (χ0) is 15.3. The van der Waals surface area contributed by atoms with Gasteiger partial charge in [0, 0.05) is 11.3 Å². The van der Waals surface area contributed by atoms with Crippen LogP contribution in [0.2, 0.25) is 0 Å². The van der Waals surface area contributed by atoms with E-state index in [0.29, 0.717) is 24.1 Å². The van der Waals surface area contributed by atoms with Crippen LogP contribution in [0.25, 0.3) is 0 Å². The molecule has 1 atom stereocenters. The summed E-state index contributed by atoms with van der Waals surface area (Å²) in [7, 11) is 0. The van der Waals surface area contributed by atoms with Gasteiger partial charge in [0.2, 0.25) is 0 Å². The quantitative estimate of drug-likeness (QED) is 0.777. The third-order valence-electron chi connectivity index (χ3n) is 3.13. The molecule has 6 heteroatoms. The SMILES string of the molecule is CCCC(C)(NC(=O)Nc1cccc(F)c1C)C(=O)O. The number of carbonyl (C=O) groups is 2. The number of aliphatic carboxylic acids is 1. The van der Waals surface area contributed by atoms with Crippen LogP contribution < -0.4 is 10.6 Å². The number of hydrogen-bond acceptors (Lipinski definition) is 2. The maximum absolute atomic E-state index is 13.4. The molecular weight excluding hydrogens is 263 g/mol. The molecule has 20 heavy (non-hydrogen) atoms. The van der Waals surface area contributed by atoms with E-state index in [-0.39, 0.29) is 0 Å². The van der Waals surface area contributed by atoms with Crippen molar-refractivity contribution >= 4 is 17.7 Å². The van der Waals surface area contributed by atoms with Gasteiger partial charge in [-0.05, 0) is 32.4 Å². The van der Waals surface area contributed by atoms with Gasteiger partial charge in [-0.1, -0.05) is 19.4 Å². The fourth-order valence-electron chi connectivity index (χ4n) is 1.87. The van der Waals surface area contributed by atoms with Crippen molar-refractivity contribution in [2.45, 2.75) is 39.2 Å². The van der Waals surface area contributed by atoms with Gasteiger partial charge < -0.3 is 15.7 Å². The molecule has 1 rings (SSSR count). The van der Waals surface area contributed by atoms with E-state index in [0.717, 1.165) is 0 Å². The molecule has 5 nitrogen and oxygen atoms in total. The number of carboxylic acid groups (broad SMARTS) is 1. The van der Waals surface area contributed by atoms with Crippen LogP contribution in [0.3, 0.4) is 0 Å². The Bertz CT molecular complexity index is 519. The molecule has 1 aromatic carbocycles. The minimum Gasteiger partial charge on any atom is -0.480 e. The van der Waals surface area contributed by atoms with E-state index in [1.165, 1.54) is 26.0 Å². The average Bonchev–Trinajstić information content (AvgIpc) is 2.35. The van der Waals surface area contributed by atoms with Crippen LogP contribution >= 0.6 is 0 Å². The first kappa shape index (κ1) is 15.9. The molecule has 0 fully saturated rings. The minimum atomic E-state index is -1.35. The Kier molecular flexibility index (Phi) is 5.07. The van der Waals surface area contributed by atoms with Gasteiger partial charge in [-0.15, -0.1) is 0 Å². The van der Waals surface area contributed by atoms with E-state index in [1.807, 2.05) is 6.92 Å². The van der Waals surface area contributed by atoms with Crippen molar-refractivity contribution in [2.75, 3.05) is 5.32 Å². The maximum atomic E-state index is 13.4. The molecule has 0 saturated heterocycles. The first-order valence-corrected chi connectivity index (χ1v) is 6.38. The van der Waals surface area contributed by atoms with Gasteiger partial charge >= 0.3 is 12.0 Å². The number of halogens is 1. The van der Waals surface area contributed by atoms with Crippen molar-refractivity contribution in [1.29, 1.82) is 0 Å². The van der Waals surface area contributed by atoms with Crippen molar-refractivity contribution in [3.8, 4) is 0 Å². The molecule has 0 radical (unpaired) electrons. The number of benzene rings is 1. The van der Waals surface area contributed by atoms with Gasteiger partial charge in [0.25, 0.3) is 0 Å². The maximum Gasteiger partial charge on any atom is 0.329 e. The highest BCUT2D eigenvalue weighted by Crippen LogP contribution is 2.18. The predicted molar refractivity (Wildman–Crippen MR) is 74.2 cm³/mol. The van der Waals surface area contributed by atoms with Gasteiger partial charge in [-0.3, -0.25) is 0 Å². The molecule has 110 valence electrons. The molecule has 1 unspecified atom stereocenters. The molecule has 0 spiro atoms. The Labute approximate surface area is 117 Å². The Morgan fingerprint density at radius 2 is 2.05 bits per heavy atom. The van der Waals surface area contributed by atoms with Crippen LogP contribution in [0.4, 0.5) is 14.9 Å². The summed E-state index contributed by atoms with van der Waals surface area (Å²) in [5, 5.41) is 14.1. The molecule has 0 aliphatic carbocycles. The monoisotopic (exact) mass is 282 g/mol. The van der Waals surface area contributed by atoms with Crippen LogP contribution in [0.15, 0.2) is 18.2 Å². The first-order chi connectivity index (χ1) is 9.30. The van der Waals surface area contributed by atoms with Crippen LogP contribution in [0, 0.1) is 12.7 Å². The molecule has 0 heterocycles. The highest BCUT2D eigenvalue weighted by Gasteiger charge is 2.33. The zero-order valence-electron chi connectivity index (χ0n) is 11.8. The van der Waals surface area contributed by atoms with E-state index >= 15 is 0 Å². The molecular formula is C14H19FN2O3. The summed E-state index contributed by atoms with van der Waals surface area (Å²) >= 11 is 0. The molecule has 2 amide bonds. The number of carboxylic acids is 1. The molecule has 0 aromatic heterocycles. The second kappa shape index (κ2) is 6.36. The number of rotatable bonds is 5. The summed E-state index contributed by atoms with van der Waals surface area (Å²) in [5.41, 5.74) is -0.734. The smallest absolute Gasteiger partial charge is 0.329 e. The van der Waals surface area contributed by atoms with Gasteiger partial charge in [-0.2, -0.15) is 0 Å². The Morgan fingerprint density at radius 1 is 1.40 bits per heavy atom. The van der Waals surface area contributed by atoms with Gasteiger partial charge in [0.1, 0.15) is 11.4 Å². The Morgan fingerprint density at radius 3 is 2.60 bits per heavy atom. The second-order valence-electron chi connectivity index (χ2n) is 4.88. The molecule has 0 bridgehead atoms. The highest BCUT2D eigenvalue weighted by molar-refractivity contribution is 5.94. The van der Waals surface area contributed by atoms with Crippen LogP contribution in [-0.2, 0) is 4.79 Å². The number of amides is 2. The summed E-state index contributed by atoms with van der Waals surface area (Å²) in [6.45, 7) is 4.81. The fourth-order valence-corrected chi connectivity index (χ4v) is 1.87. The Balaban J connectivity index is 2.81. The first-order valence-electron chi connectivity index (χ1n) is 6.38. The number of urea groups is 1. The molecule has 0 aliphatic rings. The zero-order valence-corrected chi connectivity index (χ0v) is 11.8. The predicted octanol–water partition coefficient (Wildman–Crippen LogP) is 2.90. The van der Waals surface area contributed by atoms with Crippen molar-refractivity contribution in [1.82, 2.24) is 5.32 Å². The van der Waals surface area contributed by atoms with Gasteiger partial charge in [-0.25, -0.2) is 14.0 Å². The number of hydrogen-bond donors (Lipinski definition) is 3. The van der Waals surface area contributed by atoms with E-state index in [2.05, 4.69) is 10.6 Å². The topological polar surface area (TPSA) is 78.4 Å². The van der Waals surface area contributed by atoms with Gasteiger partial charge in [0.05, 0.1) is 0 Å². The third kappa shape index (κ3) is 3.69. The van der Waals surface area contributed by atoms with Crippen LogP contribution in [0.1, 0.15) is 32.3 Å². The largest absolute Gasteiger partial charge is 0.480 e. The lowest BCUT2D eigenvalue weighted by Crippen LogP contribution is -2.53. The van der Waals surface area contributed by atoms with E-state index in [9.17, 15) is 19.1 Å². The van der Waals surface area contributed by atoms with Crippen molar-refractivity contribution in [3.63, 3.8) is 0 Å². The van der Waals surface area contributed by atoms with Crippen molar-refractivity contribution in [2.24, 2.45) is 0 Å². The summed E-state index contributed by atoms with van der Waals surface area (Å²) < 4.78 is 13.4. The summed E-state index contributed by atoms with van der Waals surface area (Å²) in [6.07, 6.45) is 0.917. The lowest BCUT2D eigenvalue weighted by molar-refractivity contribution is -0.143. The molecule has 3 N–H and O–H groups in total. The molecule has 1 aromatic rings. The normalized spacial score (nSPS) is 13.4. The minimum absolute atomic E-state index is 0.301. The lowest BCUT2D eigenvalue weighted by Gasteiger charge is -2.26. The number of nitrogens with one attached hydrogen (secondary N) is 2. The lowest BCUT2D eigenvalue weighted by atomic mass is 9.97. The van der Waals surface area contributed by atoms with Gasteiger partial charge in [0.15, 0.2) is 0 Å². The van der Waals surface area contributed by atoms with Crippen molar-refractivity contribution in [3.05, 3.63) is 29.6 Å². The fraction of sp³-hybridized carbons (Fsp3) is 0.429. The van der Waals surface area contributed by atoms with E-state index in [4.69, 9.17) is 0 Å². The molecule has 0 saturated carbocycles. The van der Waals surface area contributed by atoms with Crippen LogP contribution in [-0.4, -0.2) is 22.6 Å². The highest BCUT2D eigenvalue weighted by atomic mass is 19.1. The number of carbonyl (C=O) groups excluding carboxylic acids is 1. The van der Waals surface area contributed by atoms with E-state index < -0.39 is 23.4 Å². The summed E-state index contributed by atoms with van der Waals surface area (Å²) in [6, 6.07) is 3.64. The second-order valence-corrected chi connectivity index (χ2v) is 4.88. The average molecular weight is 282 g/mol. The third-order valence-corrected chi connectivity index (χ3v) is 3.13.